The quantitative estimate of drug-likeness (QED) is 0.116. The maximum absolute atomic E-state index is 13.7. The van der Waals surface area contributed by atoms with E-state index in [9.17, 15) is 31.9 Å². The number of hydrogen-bond acceptors (Lipinski definition) is 11. The van der Waals surface area contributed by atoms with Crippen molar-refractivity contribution >= 4 is 52.4 Å². The number of rotatable bonds is 10. The largest absolute Gasteiger partial charge is 0.415 e. The van der Waals surface area contributed by atoms with Crippen LogP contribution in [0, 0.1) is 11.6 Å². The van der Waals surface area contributed by atoms with Gasteiger partial charge in [-0.15, -0.1) is 10.2 Å². The van der Waals surface area contributed by atoms with Crippen LogP contribution >= 0.6 is 23.2 Å². The Morgan fingerprint density at radius 2 is 1.22 bits per heavy atom. The monoisotopic (exact) mass is 873 g/mol. The lowest BCUT2D eigenvalue weighted by Gasteiger charge is -2.33. The summed E-state index contributed by atoms with van der Waals surface area (Å²) in [6.07, 6.45) is -0.0575. The van der Waals surface area contributed by atoms with Gasteiger partial charge in [-0.2, -0.15) is 8.78 Å². The number of nitrogens with zero attached hydrogens (tertiary/aromatic N) is 8. The molecule has 0 unspecified atom stereocenters. The molecule has 0 spiro atoms. The van der Waals surface area contributed by atoms with Crippen LogP contribution in [0.4, 0.5) is 38.5 Å². The molecule has 2 saturated heterocycles. The molecule has 0 atom stereocenters. The zero-order valence-corrected chi connectivity index (χ0v) is 33.2. The molecule has 15 nitrogen and oxygen atoms in total. The van der Waals surface area contributed by atoms with Gasteiger partial charge in [0.15, 0.2) is 5.78 Å². The second-order valence-corrected chi connectivity index (χ2v) is 13.9. The molecule has 0 bridgehead atoms. The van der Waals surface area contributed by atoms with E-state index in [0.29, 0.717) is 86.5 Å². The van der Waals surface area contributed by atoms with Gasteiger partial charge in [-0.1, -0.05) is 23.2 Å². The van der Waals surface area contributed by atoms with E-state index in [-0.39, 0.29) is 53.4 Å². The molecule has 2 N–H and O–H groups in total. The molecular weight excluding hydrogens is 837 g/mol. The normalized spacial score (nSPS) is 14.1. The number of carbonyl (C=O) groups is 3. The van der Waals surface area contributed by atoms with Crippen LogP contribution in [0.25, 0.3) is 11.5 Å². The van der Waals surface area contributed by atoms with Gasteiger partial charge in [-0.25, -0.2) is 18.4 Å². The van der Waals surface area contributed by atoms with Crippen molar-refractivity contribution in [3.05, 3.63) is 118 Å². The lowest BCUT2D eigenvalue weighted by atomic mass is 10.1. The number of pyridine rings is 2. The fraction of sp³-hybridized carbons (Fsp3) is 0.308. The van der Waals surface area contributed by atoms with Gasteiger partial charge in [0.25, 0.3) is 5.89 Å². The number of hydrogen-bond donors (Lipinski definition) is 1. The Morgan fingerprint density at radius 1 is 0.717 bits per heavy atom. The smallest absolute Gasteiger partial charge is 0.325 e. The number of halogens is 6. The number of ether oxygens (including phenoxy) is 2. The molecule has 316 valence electrons. The standard InChI is InChI=1S/C20H17ClF3N5O3.C19H20ClFN4O3/c21-15-9-14(3-4-16(15)22)29(20(30)28-5-7-31-8-6-28)11-13-2-1-12(10-25-13)18-26-27-19(32-18)17(23)24;20-16-9-15(3-4-17(16)21)25(19(27)24-5-7-28-8-6-24)12-14-2-1-13(11-23-14)18(26)10-22/h1-4,9-10,17H,5-8,11H2;1-4,9,11H,5-8,10,12,22H2. The van der Waals surface area contributed by atoms with Gasteiger partial charge in [-0.05, 0) is 60.7 Å². The fourth-order valence-corrected chi connectivity index (χ4v) is 6.25. The first kappa shape index (κ1) is 43.8. The molecule has 5 heterocycles. The first-order valence-corrected chi connectivity index (χ1v) is 19.1. The molecule has 0 saturated carbocycles. The van der Waals surface area contributed by atoms with Crippen LogP contribution in [0.15, 0.2) is 77.5 Å². The zero-order valence-electron chi connectivity index (χ0n) is 31.7. The van der Waals surface area contributed by atoms with Crippen LogP contribution in [0.2, 0.25) is 10.0 Å². The van der Waals surface area contributed by atoms with Crippen LogP contribution in [0.5, 0.6) is 0 Å². The summed E-state index contributed by atoms with van der Waals surface area (Å²) in [4.78, 5) is 52.7. The zero-order chi connectivity index (χ0) is 42.8. The van der Waals surface area contributed by atoms with Crippen molar-refractivity contribution in [3.63, 3.8) is 0 Å². The van der Waals surface area contributed by atoms with Crippen molar-refractivity contribution in [2.75, 3.05) is 69.0 Å². The molecule has 21 heteroatoms. The number of Topliss-reactive ketones (excluding diaryl/α,β-unsaturated/α-hetero) is 1. The minimum absolute atomic E-state index is 0.0601. The number of anilines is 2. The summed E-state index contributed by atoms with van der Waals surface area (Å²) in [5.41, 5.74) is 8.02. The van der Waals surface area contributed by atoms with Crippen molar-refractivity contribution in [3.8, 4) is 11.5 Å². The topological polar surface area (TPSA) is 173 Å². The molecule has 2 aromatic carbocycles. The number of carbonyl (C=O) groups excluding carboxylic acids is 3. The third kappa shape index (κ3) is 11.1. The highest BCUT2D eigenvalue weighted by atomic mass is 35.5. The minimum atomic E-state index is -2.87. The Labute approximate surface area is 350 Å². The predicted molar refractivity (Wildman–Crippen MR) is 211 cm³/mol. The van der Waals surface area contributed by atoms with Crippen LogP contribution in [0.1, 0.15) is 34.1 Å². The summed E-state index contributed by atoms with van der Waals surface area (Å²) in [5.74, 6) is -2.25. The number of ketones is 1. The maximum Gasteiger partial charge on any atom is 0.325 e. The highest BCUT2D eigenvalue weighted by Crippen LogP contribution is 2.28. The van der Waals surface area contributed by atoms with Crippen LogP contribution in [-0.4, -0.2) is 107 Å². The maximum atomic E-state index is 13.7. The predicted octanol–water partition coefficient (Wildman–Crippen LogP) is 6.79. The van der Waals surface area contributed by atoms with Crippen LogP contribution < -0.4 is 15.5 Å². The molecule has 60 heavy (non-hydrogen) atoms. The molecular formula is C39H37Cl2F4N9O6. The minimum Gasteiger partial charge on any atom is -0.415 e. The molecule has 0 radical (unpaired) electrons. The summed E-state index contributed by atoms with van der Waals surface area (Å²) in [7, 11) is 0. The Balaban J connectivity index is 0.000000203. The molecule has 2 aliphatic heterocycles. The van der Waals surface area contributed by atoms with Gasteiger partial charge in [0.2, 0.25) is 5.89 Å². The van der Waals surface area contributed by atoms with Gasteiger partial charge in [0, 0.05) is 55.5 Å². The fourth-order valence-electron chi connectivity index (χ4n) is 5.90. The summed E-state index contributed by atoms with van der Waals surface area (Å²) in [5, 5.41) is 6.68. The van der Waals surface area contributed by atoms with E-state index >= 15 is 0 Å². The highest BCUT2D eigenvalue weighted by molar-refractivity contribution is 6.31. The van der Waals surface area contributed by atoms with Crippen LogP contribution in [0.3, 0.4) is 0 Å². The SMILES string of the molecule is NCC(=O)c1ccc(CN(C(=O)N2CCOCC2)c2ccc(F)c(Cl)c2)nc1.O=C(N1CCOCC1)N(Cc1ccc(-c2nnc(C(F)F)o2)cn1)c1ccc(F)c(Cl)c1. The lowest BCUT2D eigenvalue weighted by Crippen LogP contribution is -2.48. The van der Waals surface area contributed by atoms with Crippen LogP contribution in [-0.2, 0) is 22.6 Å². The number of morpholine rings is 2. The van der Waals surface area contributed by atoms with Gasteiger partial charge < -0.3 is 29.4 Å². The Bertz CT molecular complexity index is 2260. The van der Waals surface area contributed by atoms with Gasteiger partial charge in [-0.3, -0.25) is 24.6 Å². The number of nitrogens with two attached hydrogens (primary N) is 1. The molecule has 4 amide bonds. The van der Waals surface area contributed by atoms with E-state index in [0.717, 1.165) is 0 Å². The van der Waals surface area contributed by atoms with Crippen molar-refractivity contribution in [2.24, 2.45) is 5.73 Å². The Morgan fingerprint density at radius 3 is 1.62 bits per heavy atom. The summed E-state index contributed by atoms with van der Waals surface area (Å²) in [6, 6.07) is 14.0. The third-order valence-corrected chi connectivity index (χ3v) is 9.71. The molecule has 5 aromatic rings. The van der Waals surface area contributed by atoms with E-state index in [1.807, 2.05) is 0 Å². The van der Waals surface area contributed by atoms with Gasteiger partial charge >= 0.3 is 18.5 Å². The number of aromatic nitrogens is 4. The number of alkyl halides is 2. The average molecular weight is 875 g/mol. The molecule has 3 aromatic heterocycles. The Hall–Kier alpha value is -5.73. The van der Waals surface area contributed by atoms with Crippen molar-refractivity contribution < 1.29 is 45.8 Å². The average Bonchev–Trinajstić information content (AvgIpc) is 3.78. The molecule has 2 fully saturated rings. The number of benzene rings is 2. The lowest BCUT2D eigenvalue weighted by molar-refractivity contribution is 0.0548. The summed E-state index contributed by atoms with van der Waals surface area (Å²) in [6.45, 7) is 3.60. The second-order valence-electron chi connectivity index (χ2n) is 13.1. The van der Waals surface area contributed by atoms with E-state index in [1.54, 1.807) is 34.1 Å². The van der Waals surface area contributed by atoms with E-state index < -0.39 is 24.0 Å². The van der Waals surface area contributed by atoms with E-state index in [1.165, 1.54) is 58.6 Å². The molecule has 0 aliphatic carbocycles. The van der Waals surface area contributed by atoms with Crippen molar-refractivity contribution in [1.82, 2.24) is 30.0 Å². The van der Waals surface area contributed by atoms with E-state index in [4.69, 9.17) is 42.8 Å². The first-order valence-electron chi connectivity index (χ1n) is 18.3. The van der Waals surface area contributed by atoms with Crippen molar-refractivity contribution in [1.29, 1.82) is 0 Å². The summed E-state index contributed by atoms with van der Waals surface area (Å²) >= 11 is 11.8. The molecule has 2 aliphatic rings. The van der Waals surface area contributed by atoms with Gasteiger partial charge in [0.1, 0.15) is 11.6 Å². The summed E-state index contributed by atoms with van der Waals surface area (Å²) < 4.78 is 68.1. The Kier molecular flexibility index (Phi) is 15.0. The number of urea groups is 2. The van der Waals surface area contributed by atoms with Crippen molar-refractivity contribution in [2.45, 2.75) is 19.5 Å². The van der Waals surface area contributed by atoms with Gasteiger partial charge in [0.05, 0.1) is 73.1 Å². The first-order chi connectivity index (χ1) is 28.9. The second kappa shape index (κ2) is 20.5. The highest BCUT2D eigenvalue weighted by Gasteiger charge is 2.27. The molecule has 7 rings (SSSR count). The van der Waals surface area contributed by atoms with E-state index in [2.05, 4.69) is 20.2 Å². The third-order valence-electron chi connectivity index (χ3n) is 9.13. The number of amides is 4.